The Balaban J connectivity index is 1.39. The molecular weight excluding hydrogens is 544 g/mol. The molecule has 0 aliphatic carbocycles. The molecule has 0 fully saturated rings. The van der Waals surface area contributed by atoms with Gasteiger partial charge in [0.25, 0.3) is 0 Å². The predicted octanol–water partition coefficient (Wildman–Crippen LogP) is 6.90. The Kier molecular flexibility index (Phi) is 8.63. The highest BCUT2D eigenvalue weighted by Gasteiger charge is 2.20. The molecule has 2 aromatic heterocycles. The van der Waals surface area contributed by atoms with Gasteiger partial charge in [0, 0.05) is 22.5 Å². The number of nitrogens with zero attached hydrogens (tertiary/aromatic N) is 4. The number of anilines is 1. The van der Waals surface area contributed by atoms with Crippen molar-refractivity contribution in [3.8, 4) is 17.0 Å². The van der Waals surface area contributed by atoms with E-state index in [0.29, 0.717) is 44.1 Å². The summed E-state index contributed by atoms with van der Waals surface area (Å²) in [6, 6.07) is 10.9. The topological polar surface area (TPSA) is 81.9 Å². The summed E-state index contributed by atoms with van der Waals surface area (Å²) in [6.07, 6.45) is 1.25. The van der Waals surface area contributed by atoms with Gasteiger partial charge in [0.1, 0.15) is 11.6 Å². The molecule has 12 heteroatoms. The molecule has 7 nitrogen and oxygen atoms in total. The van der Waals surface area contributed by atoms with Crippen molar-refractivity contribution >= 4 is 57.3 Å². The molecule has 4 aromatic rings. The molecule has 0 aliphatic heterocycles. The summed E-state index contributed by atoms with van der Waals surface area (Å²) >= 11 is 14.7. The van der Waals surface area contributed by atoms with Crippen molar-refractivity contribution in [1.29, 1.82) is 0 Å². The first-order chi connectivity index (χ1) is 17.3. The Morgan fingerprint density at radius 2 is 2.06 bits per heavy atom. The van der Waals surface area contributed by atoms with Gasteiger partial charge in [-0.2, -0.15) is 0 Å². The van der Waals surface area contributed by atoms with E-state index >= 15 is 0 Å². The highest BCUT2D eigenvalue weighted by Crippen LogP contribution is 2.32. The zero-order valence-electron chi connectivity index (χ0n) is 19.0. The molecule has 1 atom stereocenters. The number of aromatic nitrogens is 4. The van der Waals surface area contributed by atoms with Crippen LogP contribution in [0.1, 0.15) is 18.9 Å². The monoisotopic (exact) mass is 563 g/mol. The van der Waals surface area contributed by atoms with E-state index in [1.807, 2.05) is 16.9 Å². The number of carbonyl (C=O) groups excluding carboxylic acids is 1. The second-order valence-corrected chi connectivity index (χ2v) is 10.1. The Morgan fingerprint density at radius 1 is 1.28 bits per heavy atom. The Bertz CT molecular complexity index is 1380. The maximum Gasteiger partial charge on any atom is 0.236 e. The van der Waals surface area contributed by atoms with Gasteiger partial charge >= 0.3 is 0 Å². The van der Waals surface area contributed by atoms with Crippen LogP contribution in [0.4, 0.5) is 9.52 Å². The molecule has 4 rings (SSSR count). The maximum atomic E-state index is 13.2. The van der Waals surface area contributed by atoms with Gasteiger partial charge in [-0.1, -0.05) is 41.0 Å². The number of halogens is 3. The molecule has 186 valence electrons. The molecule has 2 aromatic carbocycles. The molecule has 36 heavy (non-hydrogen) atoms. The third-order valence-corrected chi connectivity index (χ3v) is 7.11. The molecule has 1 unspecified atom stereocenters. The Labute approximate surface area is 225 Å². The van der Waals surface area contributed by atoms with E-state index in [1.54, 1.807) is 36.4 Å². The lowest BCUT2D eigenvalue weighted by molar-refractivity contribution is -0.113. The van der Waals surface area contributed by atoms with Crippen LogP contribution in [0.3, 0.4) is 0 Å². The van der Waals surface area contributed by atoms with Gasteiger partial charge in [0.2, 0.25) is 5.91 Å². The summed E-state index contributed by atoms with van der Waals surface area (Å²) in [5.41, 5.74) is 1.38. The number of carbonyl (C=O) groups is 1. The van der Waals surface area contributed by atoms with E-state index in [2.05, 4.69) is 27.1 Å². The Hall–Kier alpha value is -2.92. The fraction of sp³-hybridized carbons (Fsp3) is 0.167. The predicted molar refractivity (Wildman–Crippen MR) is 143 cm³/mol. The van der Waals surface area contributed by atoms with Crippen molar-refractivity contribution in [3.05, 3.63) is 82.2 Å². The molecule has 0 saturated carbocycles. The van der Waals surface area contributed by atoms with Crippen molar-refractivity contribution < 1.29 is 13.9 Å². The minimum Gasteiger partial charge on any atom is -0.483 e. The molecule has 1 N–H and O–H groups in total. The summed E-state index contributed by atoms with van der Waals surface area (Å²) in [4.78, 5) is 17.0. The number of nitrogens with one attached hydrogen (secondary N) is 1. The normalized spacial score (nSPS) is 11.8. The number of amides is 1. The largest absolute Gasteiger partial charge is 0.483 e. The highest BCUT2D eigenvalue weighted by molar-refractivity contribution is 7.99. The summed E-state index contributed by atoms with van der Waals surface area (Å²) < 4.78 is 20.9. The molecule has 0 bridgehead atoms. The van der Waals surface area contributed by atoms with Crippen molar-refractivity contribution in [1.82, 2.24) is 19.7 Å². The van der Waals surface area contributed by atoms with E-state index in [-0.39, 0.29) is 17.5 Å². The summed E-state index contributed by atoms with van der Waals surface area (Å²) in [6.45, 7) is 6.04. The SMILES string of the molecule is C=CCn1c(SCC(=O)Nc2nc(-c3ccc(Cl)cc3Cl)cs2)nnc1C(C)Oc1ccc(F)cc1. The lowest BCUT2D eigenvalue weighted by atomic mass is 10.2. The second kappa shape index (κ2) is 11.9. The van der Waals surface area contributed by atoms with E-state index in [4.69, 9.17) is 27.9 Å². The molecule has 0 radical (unpaired) electrons. The number of rotatable bonds is 10. The Morgan fingerprint density at radius 3 is 2.78 bits per heavy atom. The lowest BCUT2D eigenvalue weighted by Crippen LogP contribution is -2.15. The number of hydrogen-bond acceptors (Lipinski definition) is 7. The van der Waals surface area contributed by atoms with Crippen LogP contribution in [0.15, 0.2) is 65.7 Å². The molecule has 2 heterocycles. The van der Waals surface area contributed by atoms with Crippen LogP contribution in [-0.4, -0.2) is 31.4 Å². The first-order valence-corrected chi connectivity index (χ1v) is 13.3. The van der Waals surface area contributed by atoms with Crippen LogP contribution in [0.5, 0.6) is 5.75 Å². The van der Waals surface area contributed by atoms with Gasteiger partial charge in [-0.3, -0.25) is 9.36 Å². The molecule has 0 saturated heterocycles. The van der Waals surface area contributed by atoms with Crippen molar-refractivity contribution in [2.75, 3.05) is 11.1 Å². The van der Waals surface area contributed by atoms with Gasteiger partial charge in [-0.15, -0.1) is 28.1 Å². The second-order valence-electron chi connectivity index (χ2n) is 7.45. The summed E-state index contributed by atoms with van der Waals surface area (Å²) in [5, 5.41) is 15.1. The maximum absolute atomic E-state index is 13.2. The minimum absolute atomic E-state index is 0.0963. The van der Waals surface area contributed by atoms with Gasteiger partial charge < -0.3 is 10.1 Å². The smallest absolute Gasteiger partial charge is 0.236 e. The van der Waals surface area contributed by atoms with Crippen LogP contribution >= 0.6 is 46.3 Å². The quantitative estimate of drug-likeness (QED) is 0.167. The number of benzene rings is 2. The van der Waals surface area contributed by atoms with Crippen LogP contribution in [0.25, 0.3) is 11.3 Å². The fourth-order valence-electron chi connectivity index (χ4n) is 3.22. The number of hydrogen-bond donors (Lipinski definition) is 1. The zero-order valence-corrected chi connectivity index (χ0v) is 22.1. The van der Waals surface area contributed by atoms with Crippen LogP contribution in [0.2, 0.25) is 10.0 Å². The summed E-state index contributed by atoms with van der Waals surface area (Å²) in [5.74, 6) is 0.580. The fourth-order valence-corrected chi connectivity index (χ4v) is 5.20. The molecular formula is C24H20Cl2FN5O2S2. The van der Waals surface area contributed by atoms with E-state index < -0.39 is 6.10 Å². The molecule has 1 amide bonds. The van der Waals surface area contributed by atoms with E-state index in [0.717, 1.165) is 5.56 Å². The van der Waals surface area contributed by atoms with Crippen molar-refractivity contribution in [2.45, 2.75) is 24.7 Å². The highest BCUT2D eigenvalue weighted by atomic mass is 35.5. The zero-order chi connectivity index (χ0) is 25.7. The average Bonchev–Trinajstić information content (AvgIpc) is 3.46. The number of thioether (sulfide) groups is 1. The van der Waals surface area contributed by atoms with Gasteiger partial charge in [-0.05, 0) is 49.4 Å². The number of ether oxygens (including phenoxy) is 1. The van der Waals surface area contributed by atoms with Crippen molar-refractivity contribution in [2.24, 2.45) is 0 Å². The minimum atomic E-state index is -0.459. The van der Waals surface area contributed by atoms with Crippen molar-refractivity contribution in [3.63, 3.8) is 0 Å². The van der Waals surface area contributed by atoms with Gasteiger partial charge in [-0.25, -0.2) is 9.37 Å². The van der Waals surface area contributed by atoms with E-state index in [9.17, 15) is 9.18 Å². The first kappa shape index (κ1) is 26.2. The van der Waals surface area contributed by atoms with E-state index in [1.165, 1.54) is 35.2 Å². The van der Waals surface area contributed by atoms with Crippen LogP contribution in [0, 0.1) is 5.82 Å². The standard InChI is InChI=1S/C24H20Cl2FN5O2S2/c1-3-10-32-22(14(2)34-17-7-5-16(27)6-8-17)30-31-24(32)36-13-21(33)29-23-28-20(12-35-23)18-9-4-15(25)11-19(18)26/h3-9,11-12,14H,1,10,13H2,2H3,(H,28,29,33). The van der Waals surface area contributed by atoms with Gasteiger partial charge in [0.15, 0.2) is 22.2 Å². The first-order valence-electron chi connectivity index (χ1n) is 10.6. The number of allylic oxidation sites excluding steroid dienone is 1. The van der Waals surface area contributed by atoms with Gasteiger partial charge in [0.05, 0.1) is 16.5 Å². The third kappa shape index (κ3) is 6.44. The summed E-state index contributed by atoms with van der Waals surface area (Å²) in [7, 11) is 0. The lowest BCUT2D eigenvalue weighted by Gasteiger charge is -2.15. The average molecular weight is 564 g/mol. The van der Waals surface area contributed by atoms with Crippen LogP contribution in [-0.2, 0) is 11.3 Å². The van der Waals surface area contributed by atoms with Crippen LogP contribution < -0.4 is 10.1 Å². The number of thiazole rings is 1. The third-order valence-electron chi connectivity index (χ3n) is 4.84. The molecule has 0 spiro atoms. The molecule has 0 aliphatic rings.